The van der Waals surface area contributed by atoms with Crippen LogP contribution in [0.25, 0.3) is 10.9 Å². The highest BCUT2D eigenvalue weighted by Gasteiger charge is 2.36. The first-order valence-corrected chi connectivity index (χ1v) is 12.6. The molecule has 1 aliphatic heterocycles. The van der Waals surface area contributed by atoms with Crippen molar-refractivity contribution in [1.82, 2.24) is 25.2 Å². The minimum Gasteiger partial charge on any atom is -0.497 e. The van der Waals surface area contributed by atoms with Crippen molar-refractivity contribution in [1.29, 1.82) is 0 Å². The summed E-state index contributed by atoms with van der Waals surface area (Å²) >= 11 is 0. The molecule has 0 saturated heterocycles. The molecule has 0 spiro atoms. The molecule has 0 aliphatic carbocycles. The van der Waals surface area contributed by atoms with Crippen LogP contribution in [0.15, 0.2) is 77.6 Å². The number of benzene rings is 3. The van der Waals surface area contributed by atoms with Gasteiger partial charge in [-0.3, -0.25) is 4.79 Å². The Labute approximate surface area is 218 Å². The topological polar surface area (TPSA) is 88.9 Å². The molecule has 0 saturated carbocycles. The van der Waals surface area contributed by atoms with Gasteiger partial charge in [-0.2, -0.15) is 0 Å². The summed E-state index contributed by atoms with van der Waals surface area (Å²) in [5.41, 5.74) is 3.77. The number of pyridine rings is 1. The Kier molecular flexibility index (Phi) is 6.11. The number of aromatic nitrogens is 5. The summed E-state index contributed by atoms with van der Waals surface area (Å²) in [6.07, 6.45) is 1.55. The second-order valence-electron chi connectivity index (χ2n) is 9.66. The molecule has 8 nitrogen and oxygen atoms in total. The van der Waals surface area contributed by atoms with Gasteiger partial charge in [-0.05, 0) is 83.8 Å². The molecule has 6 rings (SSSR count). The lowest BCUT2D eigenvalue weighted by Gasteiger charge is -2.42. The number of tetrazole rings is 1. The van der Waals surface area contributed by atoms with Crippen molar-refractivity contribution < 1.29 is 9.13 Å². The molecular formula is C29H27FN6O2. The molecule has 3 aromatic carbocycles. The fourth-order valence-electron chi connectivity index (χ4n) is 5.36. The SMILES string of the molecule is COc1ccc2[nH]c(=O)c([C@H](c3nnnn3Cc3ccccc3)N3c4ccc(F)cc4CC[C@@H]3C)cc2c1. The van der Waals surface area contributed by atoms with Crippen molar-refractivity contribution >= 4 is 16.6 Å². The van der Waals surface area contributed by atoms with Crippen molar-refractivity contribution in [3.8, 4) is 5.75 Å². The molecule has 38 heavy (non-hydrogen) atoms. The van der Waals surface area contributed by atoms with E-state index in [1.165, 1.54) is 6.07 Å². The van der Waals surface area contributed by atoms with E-state index >= 15 is 0 Å². The maximum absolute atomic E-state index is 14.2. The summed E-state index contributed by atoms with van der Waals surface area (Å²) < 4.78 is 21.4. The van der Waals surface area contributed by atoms with Gasteiger partial charge < -0.3 is 14.6 Å². The van der Waals surface area contributed by atoms with Gasteiger partial charge in [0.1, 0.15) is 17.6 Å². The molecule has 192 valence electrons. The Morgan fingerprint density at radius 2 is 1.95 bits per heavy atom. The summed E-state index contributed by atoms with van der Waals surface area (Å²) in [7, 11) is 1.61. The lowest BCUT2D eigenvalue weighted by Crippen LogP contribution is -2.43. The van der Waals surface area contributed by atoms with Crippen molar-refractivity contribution in [2.45, 2.75) is 38.4 Å². The number of halogens is 1. The fraction of sp³-hybridized carbons (Fsp3) is 0.241. The molecule has 3 heterocycles. The number of hydrogen-bond acceptors (Lipinski definition) is 6. The first kappa shape index (κ1) is 23.8. The van der Waals surface area contributed by atoms with Crippen LogP contribution in [0.1, 0.15) is 41.9 Å². The Bertz CT molecular complexity index is 1670. The van der Waals surface area contributed by atoms with Crippen LogP contribution in [0.5, 0.6) is 5.75 Å². The van der Waals surface area contributed by atoms with Crippen molar-refractivity contribution in [2.75, 3.05) is 12.0 Å². The largest absolute Gasteiger partial charge is 0.497 e. The van der Waals surface area contributed by atoms with Gasteiger partial charge in [-0.25, -0.2) is 9.07 Å². The molecule has 5 aromatic rings. The monoisotopic (exact) mass is 510 g/mol. The second-order valence-corrected chi connectivity index (χ2v) is 9.66. The summed E-state index contributed by atoms with van der Waals surface area (Å²) in [4.78, 5) is 18.8. The molecule has 2 atom stereocenters. The van der Waals surface area contributed by atoms with Crippen molar-refractivity contribution in [2.24, 2.45) is 0 Å². The predicted molar refractivity (Wildman–Crippen MR) is 143 cm³/mol. The molecule has 2 aromatic heterocycles. The third kappa shape index (κ3) is 4.30. The first-order chi connectivity index (χ1) is 18.5. The van der Waals surface area contributed by atoms with E-state index < -0.39 is 6.04 Å². The Morgan fingerprint density at radius 3 is 2.76 bits per heavy atom. The van der Waals surface area contributed by atoms with Crippen molar-refractivity contribution in [3.63, 3.8) is 0 Å². The number of nitrogens with one attached hydrogen (secondary N) is 1. The summed E-state index contributed by atoms with van der Waals surface area (Å²) in [6, 6.07) is 21.6. The third-order valence-corrected chi connectivity index (χ3v) is 7.26. The smallest absolute Gasteiger partial charge is 0.254 e. The number of H-pyrrole nitrogens is 1. The standard InChI is InChI=1S/C29H27FN6O2/c1-18-8-9-20-14-22(30)10-13-26(20)36(18)27(28-32-33-34-35(28)17-19-6-4-3-5-7-19)24-16-21-15-23(38-2)11-12-25(21)31-29(24)37/h3-7,10-16,18,27H,8-9,17H2,1-2H3,(H,31,37)/t18-,27+/m0/s1. The van der Waals surface area contributed by atoms with E-state index in [0.29, 0.717) is 29.2 Å². The van der Waals surface area contributed by atoms with Gasteiger partial charge in [-0.15, -0.1) is 5.10 Å². The average Bonchev–Trinajstić information content (AvgIpc) is 3.38. The van der Waals surface area contributed by atoms with Crippen LogP contribution in [0.2, 0.25) is 0 Å². The lowest BCUT2D eigenvalue weighted by molar-refractivity contribution is 0.415. The van der Waals surface area contributed by atoms with E-state index in [0.717, 1.165) is 35.0 Å². The van der Waals surface area contributed by atoms with Gasteiger partial charge >= 0.3 is 0 Å². The number of nitrogens with zero attached hydrogens (tertiary/aromatic N) is 5. The summed E-state index contributed by atoms with van der Waals surface area (Å²) in [5.74, 6) is 0.943. The van der Waals surface area contributed by atoms with E-state index in [-0.39, 0.29) is 17.4 Å². The highest BCUT2D eigenvalue weighted by molar-refractivity contribution is 5.81. The molecule has 1 aliphatic rings. The Balaban J connectivity index is 1.57. The first-order valence-electron chi connectivity index (χ1n) is 12.6. The van der Waals surface area contributed by atoms with E-state index in [1.807, 2.05) is 54.6 Å². The zero-order chi connectivity index (χ0) is 26.2. The second kappa shape index (κ2) is 9.74. The van der Waals surface area contributed by atoms with Crippen LogP contribution < -0.4 is 15.2 Å². The average molecular weight is 511 g/mol. The lowest BCUT2D eigenvalue weighted by atomic mass is 9.92. The number of ether oxygens (including phenoxy) is 1. The zero-order valence-corrected chi connectivity index (χ0v) is 21.1. The molecule has 0 amide bonds. The van der Waals surface area contributed by atoms with Gasteiger partial charge in [0.25, 0.3) is 5.56 Å². The maximum atomic E-state index is 14.2. The number of anilines is 1. The van der Waals surface area contributed by atoms with E-state index in [1.54, 1.807) is 23.9 Å². The van der Waals surface area contributed by atoms with Crippen LogP contribution in [-0.4, -0.2) is 38.3 Å². The highest BCUT2D eigenvalue weighted by Crippen LogP contribution is 2.40. The number of hydrogen-bond donors (Lipinski definition) is 1. The Hall–Kier alpha value is -4.53. The Morgan fingerprint density at radius 1 is 1.11 bits per heavy atom. The van der Waals surface area contributed by atoms with Gasteiger partial charge in [0.05, 0.1) is 13.7 Å². The number of aromatic amines is 1. The minimum absolute atomic E-state index is 0.0419. The van der Waals surface area contributed by atoms with Gasteiger partial charge in [0.15, 0.2) is 5.82 Å². The van der Waals surface area contributed by atoms with Gasteiger partial charge in [0.2, 0.25) is 0 Å². The third-order valence-electron chi connectivity index (χ3n) is 7.26. The molecule has 0 unspecified atom stereocenters. The molecule has 0 fully saturated rings. The predicted octanol–water partition coefficient (Wildman–Crippen LogP) is 4.64. The highest BCUT2D eigenvalue weighted by atomic mass is 19.1. The van der Waals surface area contributed by atoms with Crippen LogP contribution >= 0.6 is 0 Å². The van der Waals surface area contributed by atoms with Crippen molar-refractivity contribution in [3.05, 3.63) is 111 Å². The van der Waals surface area contributed by atoms with Crippen LogP contribution in [0.3, 0.4) is 0 Å². The normalized spacial score (nSPS) is 15.9. The number of methoxy groups -OCH3 is 1. The minimum atomic E-state index is -0.618. The van der Waals surface area contributed by atoms with Gasteiger partial charge in [0, 0.05) is 28.2 Å². The number of fused-ring (bicyclic) bond motifs is 2. The summed E-state index contributed by atoms with van der Waals surface area (Å²) in [5, 5.41) is 13.6. The zero-order valence-electron chi connectivity index (χ0n) is 21.1. The van der Waals surface area contributed by atoms with E-state index in [9.17, 15) is 9.18 Å². The van der Waals surface area contributed by atoms with Gasteiger partial charge in [-0.1, -0.05) is 30.3 Å². The van der Waals surface area contributed by atoms with Crippen LogP contribution in [-0.2, 0) is 13.0 Å². The number of aryl methyl sites for hydroxylation is 1. The number of rotatable bonds is 6. The molecule has 9 heteroatoms. The fourth-order valence-corrected chi connectivity index (χ4v) is 5.36. The maximum Gasteiger partial charge on any atom is 0.254 e. The van der Waals surface area contributed by atoms with E-state index in [4.69, 9.17) is 4.74 Å². The van der Waals surface area contributed by atoms with Crippen LogP contribution in [0, 0.1) is 5.82 Å². The molecular weight excluding hydrogens is 483 g/mol. The molecule has 0 radical (unpaired) electrons. The summed E-state index contributed by atoms with van der Waals surface area (Å²) in [6.45, 7) is 2.56. The van der Waals surface area contributed by atoms with Crippen LogP contribution in [0.4, 0.5) is 10.1 Å². The molecule has 1 N–H and O–H groups in total. The molecule has 0 bridgehead atoms. The van der Waals surface area contributed by atoms with E-state index in [2.05, 4.69) is 32.3 Å². The quantitative estimate of drug-likeness (QED) is 0.358.